The molecule has 1 aromatic rings. The Morgan fingerprint density at radius 1 is 1.23 bits per heavy atom. The number of hydrogen-bond donors (Lipinski definition) is 0. The van der Waals surface area contributed by atoms with Gasteiger partial charge in [0.1, 0.15) is 19.3 Å². The number of hydrogen-bond acceptors (Lipinski definition) is 4. The van der Waals surface area contributed by atoms with E-state index in [2.05, 4.69) is 22.8 Å². The zero-order chi connectivity index (χ0) is 17.1. The van der Waals surface area contributed by atoms with E-state index < -0.39 is 21.8 Å². The molecule has 1 atom stereocenters. The van der Waals surface area contributed by atoms with Gasteiger partial charge in [-0.05, 0) is 25.4 Å². The Balaban J connectivity index is 2.86. The lowest BCUT2D eigenvalue weighted by Gasteiger charge is -2.31. The van der Waals surface area contributed by atoms with Crippen LogP contribution in [-0.4, -0.2) is 26.8 Å². The molecule has 0 saturated carbocycles. The number of rotatable bonds is 6. The minimum Gasteiger partial charge on any atom is -0.440 e. The number of halogens is 3. The van der Waals surface area contributed by atoms with Gasteiger partial charge in [-0.2, -0.15) is 13.2 Å². The molecule has 1 heterocycles. The summed E-state index contributed by atoms with van der Waals surface area (Å²) in [6, 6.07) is 0. The van der Waals surface area contributed by atoms with Crippen molar-refractivity contribution in [2.24, 2.45) is 5.41 Å². The maximum atomic E-state index is 12.1. The summed E-state index contributed by atoms with van der Waals surface area (Å²) in [6.45, 7) is 10.3. The molecule has 0 saturated heterocycles. The molecule has 0 aliphatic heterocycles. The van der Waals surface area contributed by atoms with E-state index in [4.69, 9.17) is 8.84 Å². The third-order valence-electron chi connectivity index (χ3n) is 2.80. The lowest BCUT2D eigenvalue weighted by Crippen LogP contribution is -2.26. The Morgan fingerprint density at radius 2 is 1.82 bits per heavy atom. The van der Waals surface area contributed by atoms with Crippen molar-refractivity contribution >= 4 is 9.04 Å². The first-order valence-corrected chi connectivity index (χ1v) is 9.94. The maximum absolute atomic E-state index is 12.1. The zero-order valence-corrected chi connectivity index (χ0v) is 15.0. The van der Waals surface area contributed by atoms with Crippen molar-refractivity contribution in [3.8, 4) is 0 Å². The van der Waals surface area contributed by atoms with E-state index in [9.17, 15) is 13.2 Å². The molecule has 0 amide bonds. The van der Waals surface area contributed by atoms with Crippen molar-refractivity contribution in [2.75, 3.05) is 6.61 Å². The van der Waals surface area contributed by atoms with Crippen LogP contribution in [0.25, 0.3) is 0 Å². The van der Waals surface area contributed by atoms with Crippen molar-refractivity contribution < 1.29 is 26.8 Å². The largest absolute Gasteiger partial charge is 0.440 e. The lowest BCUT2D eigenvalue weighted by atomic mass is 9.87. The third kappa shape index (κ3) is 6.10. The van der Waals surface area contributed by atoms with Gasteiger partial charge in [-0.15, -0.1) is 0 Å². The Hall–Kier alpha value is -0.863. The summed E-state index contributed by atoms with van der Waals surface area (Å²) >= 11 is 0. The van der Waals surface area contributed by atoms with Gasteiger partial charge in [0.25, 0.3) is 0 Å². The van der Waals surface area contributed by atoms with Crippen LogP contribution in [0.5, 0.6) is 0 Å². The van der Waals surface area contributed by atoms with E-state index in [-0.39, 0.29) is 24.0 Å². The van der Waals surface area contributed by atoms with Crippen LogP contribution in [0.4, 0.5) is 13.2 Å². The highest BCUT2D eigenvalue weighted by atomic mass is 28.3. The summed E-state index contributed by atoms with van der Waals surface area (Å²) < 4.78 is 52.5. The van der Waals surface area contributed by atoms with E-state index in [1.165, 1.54) is 0 Å². The van der Waals surface area contributed by atoms with Gasteiger partial charge in [0, 0.05) is 0 Å². The molecule has 0 aliphatic carbocycles. The number of alkyl halides is 3. The Bertz CT molecular complexity index is 481. The first-order chi connectivity index (χ1) is 9.90. The Morgan fingerprint density at radius 3 is 2.27 bits per heavy atom. The van der Waals surface area contributed by atoms with Crippen LogP contribution in [0, 0.1) is 12.3 Å². The second-order valence-electron chi connectivity index (χ2n) is 6.60. The number of oxazole rings is 1. The molecule has 22 heavy (non-hydrogen) atoms. The number of aryl methyl sites for hydroxylation is 1. The second kappa shape index (κ2) is 7.14. The fourth-order valence-corrected chi connectivity index (χ4v) is 3.03. The molecule has 0 radical (unpaired) electrons. The summed E-state index contributed by atoms with van der Waals surface area (Å²) in [5.41, 5.74) is 0.422. The highest BCUT2D eigenvalue weighted by molar-refractivity contribution is 6.48. The molecule has 1 aromatic heterocycles. The second-order valence-corrected chi connectivity index (χ2v) is 8.97. The van der Waals surface area contributed by atoms with Crippen molar-refractivity contribution in [1.29, 1.82) is 0 Å². The molecule has 0 bridgehead atoms. The summed E-state index contributed by atoms with van der Waals surface area (Å²) in [5, 5.41) is 0. The van der Waals surface area contributed by atoms with Gasteiger partial charge in [0.05, 0.1) is 5.69 Å². The van der Waals surface area contributed by atoms with E-state index in [0.29, 0.717) is 11.5 Å². The molecule has 0 N–H and O–H groups in total. The van der Waals surface area contributed by atoms with E-state index >= 15 is 0 Å². The van der Waals surface area contributed by atoms with Crippen molar-refractivity contribution in [1.82, 2.24) is 4.98 Å². The van der Waals surface area contributed by atoms with Crippen LogP contribution >= 0.6 is 0 Å². The molecule has 1 rings (SSSR count). The minimum atomic E-state index is -4.36. The maximum Gasteiger partial charge on any atom is 0.411 e. The SMILES string of the molecule is Cc1nc(COCC(F)(F)F)oc1C(O[SiH](C)C)C(C)(C)C. The zero-order valence-electron chi connectivity index (χ0n) is 13.9. The first-order valence-electron chi connectivity index (χ1n) is 7.16. The van der Waals surface area contributed by atoms with Crippen molar-refractivity contribution in [2.45, 2.75) is 59.7 Å². The fourth-order valence-electron chi connectivity index (χ4n) is 1.96. The molecular weight excluding hydrogens is 315 g/mol. The van der Waals surface area contributed by atoms with Crippen LogP contribution < -0.4 is 0 Å². The smallest absolute Gasteiger partial charge is 0.411 e. The van der Waals surface area contributed by atoms with E-state index in [1.54, 1.807) is 6.92 Å². The van der Waals surface area contributed by atoms with Crippen LogP contribution in [0.3, 0.4) is 0 Å². The summed E-state index contributed by atoms with van der Waals surface area (Å²) in [5.74, 6) is 0.708. The highest BCUT2D eigenvalue weighted by Crippen LogP contribution is 2.38. The van der Waals surface area contributed by atoms with Crippen LogP contribution in [0.15, 0.2) is 4.42 Å². The average Bonchev–Trinajstić information content (AvgIpc) is 2.63. The normalized spacial score (nSPS) is 14.6. The number of nitrogens with zero attached hydrogens (tertiary/aromatic N) is 1. The van der Waals surface area contributed by atoms with E-state index in [0.717, 1.165) is 0 Å². The number of aromatic nitrogens is 1. The van der Waals surface area contributed by atoms with Crippen molar-refractivity contribution in [3.05, 3.63) is 17.3 Å². The van der Waals surface area contributed by atoms with Gasteiger partial charge in [-0.25, -0.2) is 4.98 Å². The van der Waals surface area contributed by atoms with Gasteiger partial charge in [0.15, 0.2) is 14.8 Å². The summed E-state index contributed by atoms with van der Waals surface area (Å²) in [6.07, 6.45) is -4.63. The average molecular weight is 339 g/mol. The van der Waals surface area contributed by atoms with Gasteiger partial charge >= 0.3 is 6.18 Å². The minimum absolute atomic E-state index is 0.139. The van der Waals surface area contributed by atoms with Gasteiger partial charge in [-0.3, -0.25) is 0 Å². The van der Waals surface area contributed by atoms with E-state index in [1.807, 2.05) is 20.8 Å². The molecule has 0 fully saturated rings. The van der Waals surface area contributed by atoms with Crippen LogP contribution in [0.1, 0.15) is 44.2 Å². The fraction of sp³-hybridized carbons (Fsp3) is 0.786. The standard InChI is InChI=1S/C14H24F3NO3Si/c1-9-11(12(13(2,3)4)21-22(5)6)20-10(18-9)7-19-8-14(15,16)17/h12,22H,7-8H2,1-6H3. The molecule has 0 spiro atoms. The number of ether oxygens (including phenoxy) is 1. The van der Waals surface area contributed by atoms with Crippen molar-refractivity contribution in [3.63, 3.8) is 0 Å². The van der Waals surface area contributed by atoms with Gasteiger partial charge in [0.2, 0.25) is 5.89 Å². The molecule has 0 aliphatic rings. The quantitative estimate of drug-likeness (QED) is 0.730. The Labute approximate surface area is 130 Å². The topological polar surface area (TPSA) is 44.5 Å². The lowest BCUT2D eigenvalue weighted by molar-refractivity contribution is -0.177. The molecule has 128 valence electrons. The van der Waals surface area contributed by atoms with Gasteiger partial charge in [-0.1, -0.05) is 20.8 Å². The molecular formula is C14H24F3NO3Si. The summed E-state index contributed by atoms with van der Waals surface area (Å²) in [4.78, 5) is 4.15. The predicted molar refractivity (Wildman–Crippen MR) is 79.1 cm³/mol. The monoisotopic (exact) mass is 339 g/mol. The third-order valence-corrected chi connectivity index (χ3v) is 3.62. The Kier molecular flexibility index (Phi) is 6.23. The van der Waals surface area contributed by atoms with Crippen LogP contribution in [0.2, 0.25) is 13.1 Å². The highest BCUT2D eigenvalue weighted by Gasteiger charge is 2.33. The molecule has 4 nitrogen and oxygen atoms in total. The van der Waals surface area contributed by atoms with Crippen LogP contribution in [-0.2, 0) is 15.8 Å². The predicted octanol–water partition coefficient (Wildman–Crippen LogP) is 4.15. The molecule has 0 aromatic carbocycles. The van der Waals surface area contributed by atoms with Gasteiger partial charge < -0.3 is 13.6 Å². The molecule has 1 unspecified atom stereocenters. The first kappa shape index (κ1) is 19.2. The molecule has 8 heteroatoms. The summed E-state index contributed by atoms with van der Waals surface area (Å²) in [7, 11) is -1.32.